The summed E-state index contributed by atoms with van der Waals surface area (Å²) in [4.78, 5) is 15.0. The molecule has 4 heteroatoms. The van der Waals surface area contributed by atoms with Gasteiger partial charge in [0.05, 0.1) is 22.4 Å². The Morgan fingerprint density at radius 2 is 0.983 bits per heavy atom. The molecule has 0 saturated heterocycles. The van der Waals surface area contributed by atoms with E-state index in [1.54, 1.807) is 0 Å². The summed E-state index contributed by atoms with van der Waals surface area (Å²) in [5, 5.41) is 2.49. The molecule has 0 fully saturated rings. The highest BCUT2D eigenvalue weighted by atomic mass is 15.0. The lowest BCUT2D eigenvalue weighted by Crippen LogP contribution is -2.17. The zero-order chi connectivity index (χ0) is 38.8. The number of hydrogen-bond donors (Lipinski definition) is 0. The molecule has 7 aromatic carbocycles. The monoisotopic (exact) mass is 742 g/mol. The SMILES string of the molecule is CC1(C)c2ccccc2-c2nc(-c3cccc(-c4ccncc4)c3)nc(-c3cccc(-c4cccc(-c5ccc6c(c5)c5ccccc5n6-c5ccccc5)c4)c3)c21. The summed E-state index contributed by atoms with van der Waals surface area (Å²) in [5.74, 6) is 0.716. The van der Waals surface area contributed by atoms with Gasteiger partial charge in [-0.3, -0.25) is 4.98 Å². The van der Waals surface area contributed by atoms with Crippen LogP contribution >= 0.6 is 0 Å². The van der Waals surface area contributed by atoms with Crippen molar-refractivity contribution in [1.29, 1.82) is 0 Å². The number of para-hydroxylation sites is 2. The van der Waals surface area contributed by atoms with Gasteiger partial charge in [0, 0.05) is 56.5 Å². The molecule has 1 aliphatic rings. The second kappa shape index (κ2) is 13.4. The first kappa shape index (κ1) is 33.9. The lowest BCUT2D eigenvalue weighted by Gasteiger charge is -2.24. The first-order valence-corrected chi connectivity index (χ1v) is 19.8. The molecule has 11 rings (SSSR count). The molecule has 0 spiro atoms. The number of benzene rings is 7. The Balaban J connectivity index is 1.03. The Labute approximate surface area is 337 Å². The van der Waals surface area contributed by atoms with Crippen molar-refractivity contribution >= 4 is 21.8 Å². The van der Waals surface area contributed by atoms with E-state index >= 15 is 0 Å². The summed E-state index contributed by atoms with van der Waals surface area (Å²) in [6, 6.07) is 65.3. The Kier molecular flexibility index (Phi) is 7.80. The molecule has 3 aromatic heterocycles. The zero-order valence-electron chi connectivity index (χ0n) is 32.3. The highest BCUT2D eigenvalue weighted by Crippen LogP contribution is 2.51. The van der Waals surface area contributed by atoms with Crippen LogP contribution < -0.4 is 0 Å². The van der Waals surface area contributed by atoms with Crippen molar-refractivity contribution in [3.8, 4) is 73.0 Å². The fourth-order valence-electron chi connectivity index (χ4n) is 9.07. The molecule has 0 bridgehead atoms. The molecule has 0 aliphatic heterocycles. The normalized spacial score (nSPS) is 12.8. The summed E-state index contributed by atoms with van der Waals surface area (Å²) >= 11 is 0. The molecule has 58 heavy (non-hydrogen) atoms. The maximum atomic E-state index is 5.45. The Morgan fingerprint density at radius 3 is 1.76 bits per heavy atom. The largest absolute Gasteiger partial charge is 0.309 e. The molecule has 0 saturated carbocycles. The highest BCUT2D eigenvalue weighted by molar-refractivity contribution is 6.10. The molecule has 0 radical (unpaired) electrons. The third-order valence-corrected chi connectivity index (χ3v) is 11.9. The van der Waals surface area contributed by atoms with Gasteiger partial charge in [0.2, 0.25) is 0 Å². The molecule has 1 aliphatic carbocycles. The van der Waals surface area contributed by atoms with Crippen LogP contribution in [-0.4, -0.2) is 19.5 Å². The van der Waals surface area contributed by atoms with Gasteiger partial charge in [0.1, 0.15) is 0 Å². The van der Waals surface area contributed by atoms with Crippen molar-refractivity contribution in [3.05, 3.63) is 206 Å². The van der Waals surface area contributed by atoms with Crippen molar-refractivity contribution in [2.24, 2.45) is 0 Å². The zero-order valence-corrected chi connectivity index (χ0v) is 32.3. The van der Waals surface area contributed by atoms with E-state index in [2.05, 4.69) is 193 Å². The van der Waals surface area contributed by atoms with Crippen LogP contribution in [0.2, 0.25) is 0 Å². The third kappa shape index (κ3) is 5.48. The molecular weight excluding hydrogens is 705 g/mol. The van der Waals surface area contributed by atoms with Crippen molar-refractivity contribution < 1.29 is 0 Å². The van der Waals surface area contributed by atoms with Gasteiger partial charge in [0.25, 0.3) is 0 Å². The van der Waals surface area contributed by atoms with E-state index in [0.29, 0.717) is 5.82 Å². The minimum absolute atomic E-state index is 0.281. The first-order valence-electron chi connectivity index (χ1n) is 19.8. The number of nitrogens with zero attached hydrogens (tertiary/aromatic N) is 4. The van der Waals surface area contributed by atoms with Gasteiger partial charge < -0.3 is 4.57 Å². The Hall–Kier alpha value is -7.43. The predicted molar refractivity (Wildman–Crippen MR) is 239 cm³/mol. The van der Waals surface area contributed by atoms with Gasteiger partial charge >= 0.3 is 0 Å². The molecular formula is C54H38N4. The Bertz CT molecular complexity index is 3200. The molecule has 3 heterocycles. The van der Waals surface area contributed by atoms with Gasteiger partial charge in [-0.1, -0.05) is 135 Å². The lowest BCUT2D eigenvalue weighted by molar-refractivity contribution is 0.658. The van der Waals surface area contributed by atoms with Crippen molar-refractivity contribution in [2.45, 2.75) is 19.3 Å². The molecule has 0 amide bonds. The van der Waals surface area contributed by atoms with Crippen LogP contribution in [0.1, 0.15) is 25.0 Å². The topological polar surface area (TPSA) is 43.6 Å². The summed E-state index contributed by atoms with van der Waals surface area (Å²) in [6.07, 6.45) is 3.66. The number of pyridine rings is 1. The van der Waals surface area contributed by atoms with Crippen LogP contribution in [0.4, 0.5) is 0 Å². The smallest absolute Gasteiger partial charge is 0.160 e. The van der Waals surface area contributed by atoms with E-state index < -0.39 is 0 Å². The van der Waals surface area contributed by atoms with Crippen LogP contribution in [0.15, 0.2) is 194 Å². The minimum Gasteiger partial charge on any atom is -0.309 e. The molecule has 0 unspecified atom stereocenters. The highest BCUT2D eigenvalue weighted by Gasteiger charge is 2.40. The van der Waals surface area contributed by atoms with Crippen LogP contribution in [0.25, 0.3) is 94.8 Å². The second-order valence-corrected chi connectivity index (χ2v) is 15.7. The number of rotatable bonds is 6. The number of fused-ring (bicyclic) bond motifs is 6. The molecule has 10 aromatic rings. The molecule has 0 atom stereocenters. The fraction of sp³-hybridized carbons (Fsp3) is 0.0556. The fourth-order valence-corrected chi connectivity index (χ4v) is 9.07. The average molecular weight is 743 g/mol. The van der Waals surface area contributed by atoms with Gasteiger partial charge in [-0.25, -0.2) is 9.97 Å². The van der Waals surface area contributed by atoms with Crippen LogP contribution in [0.3, 0.4) is 0 Å². The minimum atomic E-state index is -0.281. The lowest BCUT2D eigenvalue weighted by atomic mass is 9.80. The second-order valence-electron chi connectivity index (χ2n) is 15.7. The van der Waals surface area contributed by atoms with Crippen LogP contribution in [0, 0.1) is 0 Å². The molecule has 274 valence electrons. The molecule has 4 nitrogen and oxygen atoms in total. The third-order valence-electron chi connectivity index (χ3n) is 11.9. The van der Waals surface area contributed by atoms with E-state index in [9.17, 15) is 0 Å². The van der Waals surface area contributed by atoms with E-state index in [0.717, 1.165) is 56.0 Å². The first-order chi connectivity index (χ1) is 28.5. The Morgan fingerprint density at radius 1 is 0.414 bits per heavy atom. The van der Waals surface area contributed by atoms with E-state index in [1.165, 1.54) is 44.1 Å². The number of hydrogen-bond acceptors (Lipinski definition) is 3. The molecule has 0 N–H and O–H groups in total. The van der Waals surface area contributed by atoms with Crippen molar-refractivity contribution in [3.63, 3.8) is 0 Å². The van der Waals surface area contributed by atoms with Crippen molar-refractivity contribution in [2.75, 3.05) is 0 Å². The van der Waals surface area contributed by atoms with Crippen LogP contribution in [0.5, 0.6) is 0 Å². The van der Waals surface area contributed by atoms with E-state index in [4.69, 9.17) is 9.97 Å². The van der Waals surface area contributed by atoms with E-state index in [-0.39, 0.29) is 5.41 Å². The summed E-state index contributed by atoms with van der Waals surface area (Å²) in [6.45, 7) is 4.60. The maximum Gasteiger partial charge on any atom is 0.160 e. The maximum absolute atomic E-state index is 5.45. The van der Waals surface area contributed by atoms with E-state index in [1.807, 2.05) is 24.5 Å². The standard InChI is InChI=1S/C54H38N4/c1-54(2)47-23-8-6-22-45(47)52-50(54)51(56-53(57-52)42-18-12-13-36(33-42)35-27-29-55-30-28-35)41-17-11-16-39(32-41)37-14-10-15-38(31-37)40-25-26-49-46(34-40)44-21-7-9-24-48(44)58(49)43-19-4-3-5-20-43/h3-34H,1-2H3. The van der Waals surface area contributed by atoms with Gasteiger partial charge in [-0.2, -0.15) is 0 Å². The number of aromatic nitrogens is 4. The van der Waals surface area contributed by atoms with Crippen LogP contribution in [-0.2, 0) is 5.41 Å². The predicted octanol–water partition coefficient (Wildman–Crippen LogP) is 13.6. The van der Waals surface area contributed by atoms with Gasteiger partial charge in [-0.05, 0) is 99.6 Å². The summed E-state index contributed by atoms with van der Waals surface area (Å²) < 4.78 is 2.36. The van der Waals surface area contributed by atoms with Gasteiger partial charge in [0.15, 0.2) is 5.82 Å². The van der Waals surface area contributed by atoms with Crippen molar-refractivity contribution in [1.82, 2.24) is 19.5 Å². The van der Waals surface area contributed by atoms with Gasteiger partial charge in [-0.15, -0.1) is 0 Å². The summed E-state index contributed by atoms with van der Waals surface area (Å²) in [5.41, 5.74) is 17.8. The quantitative estimate of drug-likeness (QED) is 0.170. The average Bonchev–Trinajstić information content (AvgIpc) is 3.74. The summed E-state index contributed by atoms with van der Waals surface area (Å²) in [7, 11) is 0.